The Balaban J connectivity index is 1.87. The fraction of sp³-hybridized carbons (Fsp3) is 0.600. The molecule has 0 radical (unpaired) electrons. The van der Waals surface area contributed by atoms with Crippen molar-refractivity contribution in [2.75, 3.05) is 33.5 Å². The molecular formula is C15H20O5. The van der Waals surface area contributed by atoms with Crippen molar-refractivity contribution in [3.05, 3.63) is 23.8 Å². The van der Waals surface area contributed by atoms with Gasteiger partial charge in [0.2, 0.25) is 0 Å². The van der Waals surface area contributed by atoms with Crippen molar-refractivity contribution in [3.63, 3.8) is 0 Å². The highest BCUT2D eigenvalue weighted by Crippen LogP contribution is 2.40. The molecule has 20 heavy (non-hydrogen) atoms. The number of fused-ring (bicyclic) bond motifs is 1. The Labute approximate surface area is 118 Å². The van der Waals surface area contributed by atoms with Gasteiger partial charge in [-0.15, -0.1) is 0 Å². The maximum absolute atomic E-state index is 10.7. The quantitative estimate of drug-likeness (QED) is 0.913. The number of methoxy groups -OCH3 is 1. The van der Waals surface area contributed by atoms with E-state index in [-0.39, 0.29) is 0 Å². The van der Waals surface area contributed by atoms with Gasteiger partial charge < -0.3 is 24.1 Å². The van der Waals surface area contributed by atoms with Gasteiger partial charge in [-0.25, -0.2) is 0 Å². The number of rotatable bonds is 3. The van der Waals surface area contributed by atoms with Gasteiger partial charge >= 0.3 is 0 Å². The SMILES string of the molecule is COC1(C(O)c2ccc3c(c2)OCCO3)CCOCC1. The second kappa shape index (κ2) is 5.60. The molecule has 0 aliphatic carbocycles. The molecule has 1 aromatic rings. The first-order valence-corrected chi connectivity index (χ1v) is 6.96. The zero-order valence-electron chi connectivity index (χ0n) is 11.6. The van der Waals surface area contributed by atoms with Gasteiger partial charge in [-0.2, -0.15) is 0 Å². The van der Waals surface area contributed by atoms with Crippen LogP contribution in [0.15, 0.2) is 18.2 Å². The molecule has 2 aliphatic heterocycles. The van der Waals surface area contributed by atoms with Crippen LogP contribution < -0.4 is 9.47 Å². The lowest BCUT2D eigenvalue weighted by atomic mass is 9.84. The lowest BCUT2D eigenvalue weighted by Crippen LogP contribution is -2.43. The van der Waals surface area contributed by atoms with Crippen molar-refractivity contribution < 1.29 is 24.1 Å². The summed E-state index contributed by atoms with van der Waals surface area (Å²) in [4.78, 5) is 0. The molecule has 2 aliphatic rings. The van der Waals surface area contributed by atoms with E-state index in [0.29, 0.717) is 45.0 Å². The molecular weight excluding hydrogens is 260 g/mol. The molecule has 1 atom stereocenters. The molecule has 1 aromatic carbocycles. The Kier molecular flexibility index (Phi) is 3.83. The van der Waals surface area contributed by atoms with E-state index in [4.69, 9.17) is 18.9 Å². The first-order valence-electron chi connectivity index (χ1n) is 6.96. The van der Waals surface area contributed by atoms with Crippen molar-refractivity contribution in [2.45, 2.75) is 24.5 Å². The Hall–Kier alpha value is -1.30. The average Bonchev–Trinajstić information content (AvgIpc) is 2.54. The fourth-order valence-electron chi connectivity index (χ4n) is 2.84. The van der Waals surface area contributed by atoms with E-state index in [0.717, 1.165) is 11.3 Å². The highest BCUT2D eigenvalue weighted by Gasteiger charge is 2.41. The number of aliphatic hydroxyl groups excluding tert-OH is 1. The highest BCUT2D eigenvalue weighted by molar-refractivity contribution is 5.44. The van der Waals surface area contributed by atoms with E-state index in [1.54, 1.807) is 7.11 Å². The summed E-state index contributed by atoms with van der Waals surface area (Å²) in [5.41, 5.74) is 0.208. The summed E-state index contributed by atoms with van der Waals surface area (Å²) in [7, 11) is 1.65. The normalized spacial score (nSPS) is 22.3. The molecule has 3 rings (SSSR count). The molecule has 0 bridgehead atoms. The van der Waals surface area contributed by atoms with E-state index >= 15 is 0 Å². The van der Waals surface area contributed by atoms with E-state index < -0.39 is 11.7 Å². The van der Waals surface area contributed by atoms with E-state index in [1.165, 1.54) is 0 Å². The second-order valence-corrected chi connectivity index (χ2v) is 5.19. The summed E-state index contributed by atoms with van der Waals surface area (Å²) in [6.07, 6.45) is 0.658. The molecule has 5 nitrogen and oxygen atoms in total. The molecule has 0 saturated carbocycles. The third-order valence-electron chi connectivity index (χ3n) is 4.13. The molecule has 110 valence electrons. The number of hydrogen-bond acceptors (Lipinski definition) is 5. The smallest absolute Gasteiger partial charge is 0.161 e. The topological polar surface area (TPSA) is 57.2 Å². The molecule has 1 fully saturated rings. The van der Waals surface area contributed by atoms with Crippen molar-refractivity contribution >= 4 is 0 Å². The summed E-state index contributed by atoms with van der Waals surface area (Å²) in [5.74, 6) is 1.41. The average molecular weight is 280 g/mol. The summed E-state index contributed by atoms with van der Waals surface area (Å²) in [5, 5.41) is 10.7. The van der Waals surface area contributed by atoms with E-state index in [2.05, 4.69) is 0 Å². The van der Waals surface area contributed by atoms with Crippen molar-refractivity contribution in [1.82, 2.24) is 0 Å². The lowest BCUT2D eigenvalue weighted by Gasteiger charge is -2.40. The van der Waals surface area contributed by atoms with Gasteiger partial charge in [0.1, 0.15) is 24.9 Å². The Bertz CT molecular complexity index is 467. The predicted octanol–water partition coefficient (Wildman–Crippen LogP) is 1.69. The van der Waals surface area contributed by atoms with Crippen LogP contribution in [0, 0.1) is 0 Å². The van der Waals surface area contributed by atoms with Crippen LogP contribution >= 0.6 is 0 Å². The number of ether oxygens (including phenoxy) is 4. The maximum Gasteiger partial charge on any atom is 0.161 e. The number of hydrogen-bond donors (Lipinski definition) is 1. The van der Waals surface area contributed by atoms with Crippen LogP contribution in [0.2, 0.25) is 0 Å². The number of benzene rings is 1. The fourth-order valence-corrected chi connectivity index (χ4v) is 2.84. The summed E-state index contributed by atoms with van der Waals surface area (Å²) in [6.45, 7) is 2.31. The largest absolute Gasteiger partial charge is 0.486 e. The third kappa shape index (κ3) is 2.37. The van der Waals surface area contributed by atoms with Gasteiger partial charge in [0.25, 0.3) is 0 Å². The summed E-state index contributed by atoms with van der Waals surface area (Å²) < 4.78 is 22.1. The van der Waals surface area contributed by atoms with Gasteiger partial charge in [-0.1, -0.05) is 6.07 Å². The minimum absolute atomic E-state index is 0.538. The zero-order chi connectivity index (χ0) is 14.0. The standard InChI is InChI=1S/C15H20O5/c1-17-15(4-6-18-7-5-15)14(16)11-2-3-12-13(10-11)20-9-8-19-12/h2-3,10,14,16H,4-9H2,1H3. The van der Waals surface area contributed by atoms with Gasteiger partial charge in [0.05, 0.1) is 0 Å². The zero-order valence-corrected chi connectivity index (χ0v) is 11.6. The second-order valence-electron chi connectivity index (χ2n) is 5.19. The van der Waals surface area contributed by atoms with E-state index in [1.807, 2.05) is 18.2 Å². The molecule has 2 heterocycles. The molecule has 1 N–H and O–H groups in total. The maximum atomic E-state index is 10.7. The van der Waals surface area contributed by atoms with Gasteiger partial charge in [-0.3, -0.25) is 0 Å². The Morgan fingerprint density at radius 1 is 1.10 bits per heavy atom. The van der Waals surface area contributed by atoms with Crippen molar-refractivity contribution in [2.24, 2.45) is 0 Å². The summed E-state index contributed by atoms with van der Waals surface area (Å²) >= 11 is 0. The minimum Gasteiger partial charge on any atom is -0.486 e. The van der Waals surface area contributed by atoms with Crippen LogP contribution in [-0.2, 0) is 9.47 Å². The summed E-state index contributed by atoms with van der Waals surface area (Å²) in [6, 6.07) is 5.56. The molecule has 0 aromatic heterocycles. The third-order valence-corrected chi connectivity index (χ3v) is 4.13. The van der Waals surface area contributed by atoms with E-state index in [9.17, 15) is 5.11 Å². The number of aliphatic hydroxyl groups is 1. The minimum atomic E-state index is -0.702. The Morgan fingerprint density at radius 2 is 1.80 bits per heavy atom. The molecule has 5 heteroatoms. The van der Waals surface area contributed by atoms with Gasteiger partial charge in [0, 0.05) is 33.2 Å². The molecule has 0 spiro atoms. The molecule has 1 saturated heterocycles. The highest BCUT2D eigenvalue weighted by atomic mass is 16.6. The van der Waals surface area contributed by atoms with Crippen molar-refractivity contribution in [1.29, 1.82) is 0 Å². The van der Waals surface area contributed by atoms with Crippen LogP contribution in [-0.4, -0.2) is 44.2 Å². The van der Waals surface area contributed by atoms with Crippen LogP contribution in [0.25, 0.3) is 0 Å². The lowest BCUT2D eigenvalue weighted by molar-refractivity contribution is -0.154. The van der Waals surface area contributed by atoms with Gasteiger partial charge in [-0.05, 0) is 17.7 Å². The molecule has 0 amide bonds. The Morgan fingerprint density at radius 3 is 2.50 bits per heavy atom. The predicted molar refractivity (Wildman–Crippen MR) is 72.2 cm³/mol. The molecule has 1 unspecified atom stereocenters. The monoisotopic (exact) mass is 280 g/mol. The van der Waals surface area contributed by atoms with Crippen molar-refractivity contribution in [3.8, 4) is 11.5 Å². The first kappa shape index (κ1) is 13.7. The van der Waals surface area contributed by atoms with Crippen LogP contribution in [0.4, 0.5) is 0 Å². The first-order chi connectivity index (χ1) is 9.75. The van der Waals surface area contributed by atoms with Gasteiger partial charge in [0.15, 0.2) is 11.5 Å². The van der Waals surface area contributed by atoms with Crippen LogP contribution in [0.5, 0.6) is 11.5 Å². The van der Waals surface area contributed by atoms with Crippen LogP contribution in [0.3, 0.4) is 0 Å². The van der Waals surface area contributed by atoms with Crippen LogP contribution in [0.1, 0.15) is 24.5 Å².